The van der Waals surface area contributed by atoms with Crippen LogP contribution in [-0.2, 0) is 5.00 Å². The fourth-order valence-electron chi connectivity index (χ4n) is 1.71. The van der Waals surface area contributed by atoms with Gasteiger partial charge in [0.1, 0.15) is 5.01 Å². The Morgan fingerprint density at radius 1 is 1.22 bits per heavy atom. The molecule has 0 saturated carbocycles. The van der Waals surface area contributed by atoms with Crippen molar-refractivity contribution in [2.24, 2.45) is 0 Å². The number of hydrogen-bond acceptors (Lipinski definition) is 3. The van der Waals surface area contributed by atoms with Gasteiger partial charge in [-0.05, 0) is 24.4 Å². The van der Waals surface area contributed by atoms with Gasteiger partial charge >= 0.3 is 0 Å². The smallest absolute Gasteiger partial charge is 0.202 e. The van der Waals surface area contributed by atoms with E-state index >= 15 is 0 Å². The summed E-state index contributed by atoms with van der Waals surface area (Å²) in [7, 11) is 0. The van der Waals surface area contributed by atoms with Crippen LogP contribution in [0.15, 0.2) is 46.6 Å². The summed E-state index contributed by atoms with van der Waals surface area (Å²) in [6.07, 6.45) is 3.34. The second-order valence-electron chi connectivity index (χ2n) is 3.78. The normalized spacial score (nSPS) is 23.5. The van der Waals surface area contributed by atoms with Crippen LogP contribution in [0, 0.1) is 0 Å². The van der Waals surface area contributed by atoms with Gasteiger partial charge in [0.25, 0.3) is 0 Å². The van der Waals surface area contributed by atoms with Crippen LogP contribution in [0.4, 0.5) is 0 Å². The molecule has 6 heteroatoms. The largest absolute Gasteiger partial charge is 0.363 e. The third kappa shape index (κ3) is 1.82. The van der Waals surface area contributed by atoms with Crippen LogP contribution in [0.3, 0.4) is 0 Å². The second-order valence-corrected chi connectivity index (χ2v) is 6.17. The minimum atomic E-state index is -1.07. The summed E-state index contributed by atoms with van der Waals surface area (Å²) < 4.78 is 1.06. The number of para-hydroxylation sites is 1. The highest BCUT2D eigenvalue weighted by Crippen LogP contribution is 2.44. The van der Waals surface area contributed by atoms with Crippen molar-refractivity contribution >= 4 is 56.4 Å². The maximum atomic E-state index is 6.53. The number of alkyl halides is 1. The Hall–Kier alpha value is -0.740. The zero-order valence-electron chi connectivity index (χ0n) is 8.95. The lowest BCUT2D eigenvalue weighted by Crippen LogP contribution is -2.36. The van der Waals surface area contributed by atoms with E-state index in [-0.39, 0.29) is 0 Å². The first-order chi connectivity index (χ1) is 8.61. The molecule has 0 amide bonds. The minimum Gasteiger partial charge on any atom is -0.363 e. The van der Waals surface area contributed by atoms with Crippen LogP contribution in [-0.4, -0.2) is 4.98 Å². The van der Waals surface area contributed by atoms with Crippen LogP contribution in [0.5, 0.6) is 0 Å². The Kier molecular flexibility index (Phi) is 3.02. The molecule has 92 valence electrons. The number of dihydropyridines is 1. The van der Waals surface area contributed by atoms with Crippen LogP contribution in [0.25, 0.3) is 10.2 Å². The van der Waals surface area contributed by atoms with Crippen LogP contribution in [0.1, 0.15) is 5.01 Å². The first-order valence-electron chi connectivity index (χ1n) is 5.16. The topological polar surface area (TPSA) is 24.9 Å². The summed E-state index contributed by atoms with van der Waals surface area (Å²) in [6.45, 7) is 0. The van der Waals surface area contributed by atoms with Crippen molar-refractivity contribution < 1.29 is 0 Å². The molecular weight excluding hydrogens is 311 g/mol. The molecule has 1 aliphatic heterocycles. The summed E-state index contributed by atoms with van der Waals surface area (Å²) >= 11 is 20.2. The molecule has 1 aliphatic rings. The maximum Gasteiger partial charge on any atom is 0.202 e. The van der Waals surface area contributed by atoms with Gasteiger partial charge in [-0.25, -0.2) is 4.98 Å². The van der Waals surface area contributed by atoms with Crippen LogP contribution in [0.2, 0.25) is 0 Å². The van der Waals surface area contributed by atoms with Gasteiger partial charge in [0.2, 0.25) is 5.00 Å². The van der Waals surface area contributed by atoms with E-state index < -0.39 is 5.00 Å². The van der Waals surface area contributed by atoms with E-state index in [4.69, 9.17) is 34.8 Å². The molecule has 1 unspecified atom stereocenters. The van der Waals surface area contributed by atoms with Crippen LogP contribution < -0.4 is 5.32 Å². The number of allylic oxidation sites excluding steroid dienone is 2. The predicted octanol–water partition coefficient (Wildman–Crippen LogP) is 4.49. The van der Waals surface area contributed by atoms with Crippen molar-refractivity contribution in [2.75, 3.05) is 0 Å². The van der Waals surface area contributed by atoms with Crippen LogP contribution >= 0.6 is 46.1 Å². The van der Waals surface area contributed by atoms with Crippen molar-refractivity contribution in [3.05, 3.63) is 51.6 Å². The van der Waals surface area contributed by atoms with E-state index in [1.165, 1.54) is 11.3 Å². The monoisotopic (exact) mass is 316 g/mol. The molecule has 0 aliphatic carbocycles. The molecule has 0 radical (unpaired) electrons. The molecule has 2 heterocycles. The highest BCUT2D eigenvalue weighted by atomic mass is 35.5. The first kappa shape index (κ1) is 12.3. The number of nitrogens with zero attached hydrogens (tertiary/aromatic N) is 1. The van der Waals surface area contributed by atoms with Gasteiger partial charge in [0.15, 0.2) is 0 Å². The highest BCUT2D eigenvalue weighted by molar-refractivity contribution is 7.19. The number of thiazole rings is 1. The lowest BCUT2D eigenvalue weighted by molar-refractivity contribution is 0.648. The zero-order chi connectivity index (χ0) is 12.8. The molecule has 2 aromatic rings. The fraction of sp³-hybridized carbons (Fsp3) is 0.0833. The summed E-state index contributed by atoms with van der Waals surface area (Å²) in [4.78, 5) is 3.43. The molecule has 18 heavy (non-hydrogen) atoms. The number of benzene rings is 1. The zero-order valence-corrected chi connectivity index (χ0v) is 12.0. The molecule has 0 spiro atoms. The lowest BCUT2D eigenvalue weighted by Gasteiger charge is -2.27. The van der Waals surface area contributed by atoms with E-state index in [2.05, 4.69) is 10.3 Å². The number of aromatic nitrogens is 1. The third-order valence-electron chi connectivity index (χ3n) is 2.61. The number of halogens is 3. The standard InChI is InChI=1S/C12H7Cl3N2S/c13-7-5-6-16-12(15,10(7)14)11-17-8-3-1-2-4-9(8)18-11/h1-6,16H. The van der Waals surface area contributed by atoms with Crippen molar-refractivity contribution in [3.8, 4) is 0 Å². The summed E-state index contributed by atoms with van der Waals surface area (Å²) in [6, 6.07) is 7.83. The molecule has 0 saturated heterocycles. The average Bonchev–Trinajstić information content (AvgIpc) is 2.80. The number of fused-ring (bicyclic) bond motifs is 1. The second kappa shape index (κ2) is 4.42. The molecular formula is C12H7Cl3N2S. The SMILES string of the molecule is ClC1=C(Cl)C(Cl)(c2nc3ccccc3s2)NC=C1. The van der Waals surface area contributed by atoms with E-state index in [0.717, 1.165) is 10.2 Å². The first-order valence-corrected chi connectivity index (χ1v) is 7.11. The molecule has 2 nitrogen and oxygen atoms in total. The summed E-state index contributed by atoms with van der Waals surface area (Å²) in [5.41, 5.74) is 0.898. The Morgan fingerprint density at radius 2 is 2.00 bits per heavy atom. The molecule has 1 atom stereocenters. The average molecular weight is 318 g/mol. The van der Waals surface area contributed by atoms with Crippen molar-refractivity contribution in [3.63, 3.8) is 0 Å². The van der Waals surface area contributed by atoms with Gasteiger partial charge in [0.05, 0.1) is 20.3 Å². The van der Waals surface area contributed by atoms with Gasteiger partial charge in [-0.1, -0.05) is 46.9 Å². The number of nitrogens with one attached hydrogen (secondary N) is 1. The van der Waals surface area contributed by atoms with E-state index in [1.54, 1.807) is 12.3 Å². The van der Waals surface area contributed by atoms with Gasteiger partial charge in [-0.3, -0.25) is 0 Å². The van der Waals surface area contributed by atoms with Gasteiger partial charge in [-0.2, -0.15) is 0 Å². The van der Waals surface area contributed by atoms with Gasteiger partial charge < -0.3 is 5.32 Å². The summed E-state index contributed by atoms with van der Waals surface area (Å²) in [5.74, 6) is 0. The molecule has 1 aromatic carbocycles. The minimum absolute atomic E-state index is 0.340. The van der Waals surface area contributed by atoms with E-state index in [0.29, 0.717) is 15.1 Å². The molecule has 3 rings (SSSR count). The quantitative estimate of drug-likeness (QED) is 0.619. The Balaban J connectivity index is 2.17. The Bertz CT molecular complexity index is 644. The lowest BCUT2D eigenvalue weighted by atomic mass is 10.2. The van der Waals surface area contributed by atoms with Crippen molar-refractivity contribution in [1.29, 1.82) is 0 Å². The maximum absolute atomic E-state index is 6.53. The van der Waals surface area contributed by atoms with E-state index in [9.17, 15) is 0 Å². The van der Waals surface area contributed by atoms with Crippen molar-refractivity contribution in [2.45, 2.75) is 5.00 Å². The molecule has 0 fully saturated rings. The highest BCUT2D eigenvalue weighted by Gasteiger charge is 2.39. The van der Waals surface area contributed by atoms with Gasteiger partial charge in [-0.15, -0.1) is 11.3 Å². The number of hydrogen-bond donors (Lipinski definition) is 1. The predicted molar refractivity (Wildman–Crippen MR) is 78.2 cm³/mol. The Labute approximate surface area is 123 Å². The van der Waals surface area contributed by atoms with Crippen molar-refractivity contribution in [1.82, 2.24) is 10.3 Å². The third-order valence-corrected chi connectivity index (χ3v) is 5.35. The summed E-state index contributed by atoms with van der Waals surface area (Å²) in [5, 5.41) is 4.45. The molecule has 1 aromatic heterocycles. The molecule has 0 bridgehead atoms. The number of rotatable bonds is 1. The fourth-order valence-corrected chi connectivity index (χ4v) is 3.56. The van der Waals surface area contributed by atoms with E-state index in [1.807, 2.05) is 24.3 Å². The van der Waals surface area contributed by atoms with Gasteiger partial charge in [0, 0.05) is 0 Å². The Morgan fingerprint density at radius 3 is 2.78 bits per heavy atom. The molecule has 1 N–H and O–H groups in total.